The van der Waals surface area contributed by atoms with Gasteiger partial charge in [-0.05, 0) is 18.2 Å². The molecule has 1 saturated carbocycles. The van der Waals surface area contributed by atoms with Crippen LogP contribution < -0.4 is 14.8 Å². The van der Waals surface area contributed by atoms with Crippen molar-refractivity contribution in [2.75, 3.05) is 37.6 Å². The highest BCUT2D eigenvalue weighted by atomic mass is 19.1. The van der Waals surface area contributed by atoms with Crippen molar-refractivity contribution in [1.82, 2.24) is 4.90 Å². The zero-order chi connectivity index (χ0) is 18.6. The molecule has 6 heteroatoms. The summed E-state index contributed by atoms with van der Waals surface area (Å²) in [5.41, 5.74) is 1.09. The fourth-order valence-electron chi connectivity index (χ4n) is 3.79. The monoisotopic (exact) mass is 370 g/mol. The molecule has 1 aliphatic heterocycles. The summed E-state index contributed by atoms with van der Waals surface area (Å²) in [6.45, 7) is 4.53. The summed E-state index contributed by atoms with van der Waals surface area (Å²) in [7, 11) is 0. The Morgan fingerprint density at radius 3 is 2.44 bits per heavy atom. The SMILES string of the molecule is O=C(C[NH+](Cc1ccc(F)cc1)C1CC1)N1CCN(c2cccc[nH+]2)CC1. The van der Waals surface area contributed by atoms with Crippen molar-refractivity contribution in [1.29, 1.82) is 0 Å². The fraction of sp³-hybridized carbons (Fsp3) is 0.429. The maximum Gasteiger partial charge on any atom is 0.278 e. The summed E-state index contributed by atoms with van der Waals surface area (Å²) >= 11 is 0. The molecular weight excluding hydrogens is 343 g/mol. The van der Waals surface area contributed by atoms with Crippen LogP contribution in [0.3, 0.4) is 0 Å². The van der Waals surface area contributed by atoms with Gasteiger partial charge in [-0.25, -0.2) is 9.37 Å². The number of nitrogens with one attached hydrogen (secondary N) is 2. The summed E-state index contributed by atoms with van der Waals surface area (Å²) in [6.07, 6.45) is 4.29. The fourth-order valence-corrected chi connectivity index (χ4v) is 3.79. The summed E-state index contributed by atoms with van der Waals surface area (Å²) in [6, 6.07) is 13.3. The predicted molar refractivity (Wildman–Crippen MR) is 101 cm³/mol. The topological polar surface area (TPSA) is 42.1 Å². The number of rotatable bonds is 6. The van der Waals surface area contributed by atoms with E-state index in [0.29, 0.717) is 12.6 Å². The summed E-state index contributed by atoms with van der Waals surface area (Å²) in [5, 5.41) is 0. The standard InChI is InChI=1S/C21H25FN4O/c22-18-6-4-17(5-7-18)15-26(19-8-9-19)16-21(27)25-13-11-24(12-14-25)20-3-1-2-10-23-20/h1-7,10,19H,8-9,11-16H2/p+2. The molecule has 0 bridgehead atoms. The lowest BCUT2D eigenvalue weighted by Gasteiger charge is -2.31. The van der Waals surface area contributed by atoms with Crippen LogP contribution in [0.2, 0.25) is 0 Å². The van der Waals surface area contributed by atoms with Gasteiger partial charge in [-0.2, -0.15) is 0 Å². The third-order valence-electron chi connectivity index (χ3n) is 5.54. The van der Waals surface area contributed by atoms with Gasteiger partial charge in [0, 0.05) is 24.5 Å². The van der Waals surface area contributed by atoms with Gasteiger partial charge in [0.1, 0.15) is 25.5 Å². The third kappa shape index (κ3) is 4.63. The van der Waals surface area contributed by atoms with E-state index in [1.165, 1.54) is 29.9 Å². The smallest absolute Gasteiger partial charge is 0.278 e. The number of amides is 1. The van der Waals surface area contributed by atoms with Crippen LogP contribution >= 0.6 is 0 Å². The first-order valence-corrected chi connectivity index (χ1v) is 9.77. The van der Waals surface area contributed by atoms with Crippen molar-refractivity contribution in [3.63, 3.8) is 0 Å². The molecule has 1 saturated heterocycles. The number of halogens is 1. The van der Waals surface area contributed by atoms with E-state index in [-0.39, 0.29) is 11.7 Å². The maximum absolute atomic E-state index is 13.1. The lowest BCUT2D eigenvalue weighted by Crippen LogP contribution is -3.13. The first-order chi connectivity index (χ1) is 13.2. The van der Waals surface area contributed by atoms with Gasteiger partial charge in [-0.1, -0.05) is 18.2 Å². The summed E-state index contributed by atoms with van der Waals surface area (Å²) in [5.74, 6) is 1.12. The van der Waals surface area contributed by atoms with Crippen LogP contribution in [0.25, 0.3) is 0 Å². The second-order valence-electron chi connectivity index (χ2n) is 7.53. The van der Waals surface area contributed by atoms with Crippen molar-refractivity contribution in [3.8, 4) is 0 Å². The van der Waals surface area contributed by atoms with Gasteiger partial charge in [-0.15, -0.1) is 0 Å². The number of carbonyl (C=O) groups is 1. The Morgan fingerprint density at radius 2 is 1.81 bits per heavy atom. The Kier molecular flexibility index (Phi) is 5.34. The van der Waals surface area contributed by atoms with Crippen LogP contribution in [0.5, 0.6) is 0 Å². The highest BCUT2D eigenvalue weighted by molar-refractivity contribution is 5.77. The molecule has 4 rings (SSSR count). The molecule has 2 fully saturated rings. The molecule has 1 aromatic heterocycles. The number of carbonyl (C=O) groups excluding carboxylic acids is 1. The Hall–Kier alpha value is -2.47. The van der Waals surface area contributed by atoms with Gasteiger partial charge in [0.15, 0.2) is 6.54 Å². The Bertz CT molecular complexity index is 756. The van der Waals surface area contributed by atoms with E-state index in [1.54, 1.807) is 0 Å². The van der Waals surface area contributed by atoms with E-state index in [2.05, 4.69) is 16.0 Å². The number of anilines is 1. The van der Waals surface area contributed by atoms with Crippen LogP contribution in [0.15, 0.2) is 48.7 Å². The zero-order valence-electron chi connectivity index (χ0n) is 15.5. The molecule has 27 heavy (non-hydrogen) atoms. The second kappa shape index (κ2) is 8.05. The molecule has 1 atom stereocenters. The van der Waals surface area contributed by atoms with E-state index in [0.717, 1.165) is 44.1 Å². The van der Waals surface area contributed by atoms with E-state index in [9.17, 15) is 9.18 Å². The number of hydrogen-bond donors (Lipinski definition) is 1. The molecule has 2 heterocycles. The lowest BCUT2D eigenvalue weighted by molar-refractivity contribution is -0.917. The molecular formula is C21H27FN4O+2. The van der Waals surface area contributed by atoms with Crippen LogP contribution in [0.4, 0.5) is 10.2 Å². The van der Waals surface area contributed by atoms with Crippen molar-refractivity contribution in [2.45, 2.75) is 25.4 Å². The first-order valence-electron chi connectivity index (χ1n) is 9.77. The molecule has 2 aromatic rings. The molecule has 5 nitrogen and oxygen atoms in total. The number of aromatic amines is 1. The van der Waals surface area contributed by atoms with E-state index in [4.69, 9.17) is 0 Å². The van der Waals surface area contributed by atoms with Crippen molar-refractivity contribution in [3.05, 3.63) is 60.0 Å². The Morgan fingerprint density at radius 1 is 1.07 bits per heavy atom. The number of hydrogen-bond acceptors (Lipinski definition) is 2. The first kappa shape index (κ1) is 17.9. The van der Waals surface area contributed by atoms with Crippen molar-refractivity contribution >= 4 is 11.7 Å². The van der Waals surface area contributed by atoms with Gasteiger partial charge in [0.2, 0.25) is 0 Å². The van der Waals surface area contributed by atoms with Gasteiger partial charge >= 0.3 is 0 Å². The largest absolute Gasteiger partial charge is 0.330 e. The zero-order valence-corrected chi connectivity index (χ0v) is 15.5. The molecule has 0 spiro atoms. The van der Waals surface area contributed by atoms with Crippen LogP contribution in [0, 0.1) is 5.82 Å². The minimum Gasteiger partial charge on any atom is -0.330 e. The number of nitrogens with zero attached hydrogens (tertiary/aromatic N) is 2. The van der Waals surface area contributed by atoms with E-state index >= 15 is 0 Å². The van der Waals surface area contributed by atoms with E-state index in [1.807, 2.05) is 35.4 Å². The van der Waals surface area contributed by atoms with Crippen molar-refractivity contribution in [2.24, 2.45) is 0 Å². The lowest BCUT2D eigenvalue weighted by atomic mass is 10.2. The number of piperazine rings is 1. The highest BCUT2D eigenvalue weighted by Gasteiger charge is 2.36. The maximum atomic E-state index is 13.1. The second-order valence-corrected chi connectivity index (χ2v) is 7.53. The highest BCUT2D eigenvalue weighted by Crippen LogP contribution is 2.16. The number of benzene rings is 1. The van der Waals surface area contributed by atoms with E-state index < -0.39 is 0 Å². The molecule has 142 valence electrons. The summed E-state index contributed by atoms with van der Waals surface area (Å²) < 4.78 is 13.1. The molecule has 1 amide bonds. The average Bonchev–Trinajstić information content (AvgIpc) is 3.55. The molecule has 1 aliphatic carbocycles. The molecule has 2 aliphatic rings. The molecule has 1 unspecified atom stereocenters. The quantitative estimate of drug-likeness (QED) is 0.806. The molecule has 1 aromatic carbocycles. The summed E-state index contributed by atoms with van der Waals surface area (Å²) in [4.78, 5) is 21.7. The van der Waals surface area contributed by atoms with Gasteiger partial charge in [-0.3, -0.25) is 9.69 Å². The van der Waals surface area contributed by atoms with Gasteiger partial charge in [0.05, 0.1) is 25.3 Å². The third-order valence-corrected chi connectivity index (χ3v) is 5.54. The minimum absolute atomic E-state index is 0.212. The Balaban J connectivity index is 1.31. The predicted octanol–water partition coefficient (Wildman–Crippen LogP) is 0.536. The number of quaternary nitrogens is 1. The number of H-pyrrole nitrogens is 1. The number of pyridine rings is 1. The average molecular weight is 370 g/mol. The Labute approximate surface area is 159 Å². The number of aromatic nitrogens is 1. The molecule has 0 radical (unpaired) electrons. The van der Waals surface area contributed by atoms with Gasteiger partial charge in [0.25, 0.3) is 11.7 Å². The minimum atomic E-state index is -0.212. The molecule has 2 N–H and O–H groups in total. The van der Waals surface area contributed by atoms with Crippen LogP contribution in [-0.2, 0) is 11.3 Å². The van der Waals surface area contributed by atoms with Gasteiger partial charge < -0.3 is 9.80 Å². The van der Waals surface area contributed by atoms with Crippen molar-refractivity contribution < 1.29 is 19.1 Å². The normalized spacial score (nSPS) is 18.4. The van der Waals surface area contributed by atoms with Crippen LogP contribution in [0.1, 0.15) is 18.4 Å². The van der Waals surface area contributed by atoms with Crippen LogP contribution in [-0.4, -0.2) is 49.6 Å².